The molecule has 2 nitrogen and oxygen atoms in total. The summed E-state index contributed by atoms with van der Waals surface area (Å²) in [6.45, 7) is 8.71. The van der Waals surface area contributed by atoms with Crippen LogP contribution in [-0.2, 0) is 0 Å². The molecule has 1 saturated carbocycles. The van der Waals surface area contributed by atoms with Crippen molar-refractivity contribution in [2.75, 3.05) is 19.6 Å². The molecule has 0 spiro atoms. The topological polar surface area (TPSA) is 24.1 Å². The minimum Gasteiger partial charge on any atom is -0.312 e. The second-order valence-corrected chi connectivity index (χ2v) is 5.62. The molecule has 0 radical (unpaired) electrons. The van der Waals surface area contributed by atoms with Crippen molar-refractivity contribution in [3.63, 3.8) is 0 Å². The molecule has 0 atom stereocenters. The second-order valence-electron chi connectivity index (χ2n) is 5.62. The van der Waals surface area contributed by atoms with E-state index in [0.717, 1.165) is 0 Å². The Balaban J connectivity index is 2.10. The Morgan fingerprint density at radius 1 is 1.00 bits per heavy atom. The van der Waals surface area contributed by atoms with Gasteiger partial charge in [0.2, 0.25) is 0 Å². The van der Waals surface area contributed by atoms with Crippen LogP contribution in [0.15, 0.2) is 0 Å². The summed E-state index contributed by atoms with van der Waals surface area (Å²) in [7, 11) is 0. The predicted molar refractivity (Wildman–Crippen MR) is 58.3 cm³/mol. The molecule has 5 heteroatoms. The van der Waals surface area contributed by atoms with Gasteiger partial charge in [-0.25, -0.2) is 0 Å². The molecule has 0 amide bonds. The molecule has 16 heavy (non-hydrogen) atoms. The van der Waals surface area contributed by atoms with Crippen LogP contribution in [0.3, 0.4) is 0 Å². The van der Waals surface area contributed by atoms with Crippen molar-refractivity contribution < 1.29 is 13.2 Å². The van der Waals surface area contributed by atoms with Crippen molar-refractivity contribution in [3.8, 4) is 0 Å². The Morgan fingerprint density at radius 2 is 1.50 bits per heavy atom. The summed E-state index contributed by atoms with van der Waals surface area (Å²) in [6.07, 6.45) is -4.11. The van der Waals surface area contributed by atoms with Crippen LogP contribution in [0.5, 0.6) is 0 Å². The van der Waals surface area contributed by atoms with Gasteiger partial charge in [0.15, 0.2) is 0 Å². The molecule has 2 N–H and O–H groups in total. The summed E-state index contributed by atoms with van der Waals surface area (Å²) in [5.74, 6) is 0. The van der Waals surface area contributed by atoms with Gasteiger partial charge < -0.3 is 10.6 Å². The molecule has 0 aromatic rings. The number of alkyl halides is 3. The maximum Gasteiger partial charge on any atom is 0.401 e. The fraction of sp³-hybridized carbons (Fsp3) is 1.00. The Kier molecular flexibility index (Phi) is 3.60. The first-order valence-corrected chi connectivity index (χ1v) is 5.60. The van der Waals surface area contributed by atoms with E-state index in [-0.39, 0.29) is 10.8 Å². The second kappa shape index (κ2) is 4.18. The number of hydrogen-bond donors (Lipinski definition) is 2. The maximum atomic E-state index is 11.8. The van der Waals surface area contributed by atoms with Gasteiger partial charge in [0.1, 0.15) is 0 Å². The summed E-state index contributed by atoms with van der Waals surface area (Å²) in [5, 5.41) is 5.67. The first kappa shape index (κ1) is 13.8. The highest BCUT2D eigenvalue weighted by Gasteiger charge is 2.64. The molecule has 0 unspecified atom stereocenters. The predicted octanol–water partition coefficient (Wildman–Crippen LogP) is 2.16. The molecule has 1 rings (SSSR count). The highest BCUT2D eigenvalue weighted by Crippen LogP contribution is 2.62. The molecule has 0 saturated heterocycles. The molecule has 1 fully saturated rings. The molecule has 0 bridgehead atoms. The first-order valence-electron chi connectivity index (χ1n) is 5.60. The number of hydrogen-bond acceptors (Lipinski definition) is 2. The van der Waals surface area contributed by atoms with Crippen LogP contribution < -0.4 is 10.6 Å². The summed E-state index contributed by atoms with van der Waals surface area (Å²) >= 11 is 0. The Bertz CT molecular complexity index is 232. The van der Waals surface area contributed by atoms with Gasteiger partial charge in [0.05, 0.1) is 6.54 Å². The van der Waals surface area contributed by atoms with Crippen LogP contribution in [0.1, 0.15) is 27.7 Å². The van der Waals surface area contributed by atoms with E-state index in [9.17, 15) is 13.2 Å². The molecule has 1 aliphatic rings. The van der Waals surface area contributed by atoms with E-state index in [2.05, 4.69) is 38.3 Å². The zero-order chi connectivity index (χ0) is 12.6. The molecule has 0 aromatic carbocycles. The summed E-state index contributed by atoms with van der Waals surface area (Å²) in [5.41, 5.74) is 0.466. The normalized spacial score (nSPS) is 23.4. The van der Waals surface area contributed by atoms with Gasteiger partial charge in [-0.3, -0.25) is 0 Å². The first-order chi connectivity index (χ1) is 7.09. The van der Waals surface area contributed by atoms with Crippen LogP contribution in [0, 0.1) is 10.8 Å². The molecular formula is C11H21F3N2. The average Bonchev–Trinajstić information content (AvgIpc) is 2.44. The third kappa shape index (κ3) is 2.88. The van der Waals surface area contributed by atoms with Crippen LogP contribution in [0.2, 0.25) is 0 Å². The third-order valence-corrected chi connectivity index (χ3v) is 4.00. The largest absolute Gasteiger partial charge is 0.401 e. The van der Waals surface area contributed by atoms with E-state index >= 15 is 0 Å². The number of rotatable bonds is 5. The summed E-state index contributed by atoms with van der Waals surface area (Å²) in [4.78, 5) is 0. The Labute approximate surface area is 95.0 Å². The summed E-state index contributed by atoms with van der Waals surface area (Å²) in [6, 6.07) is 0.396. The average molecular weight is 238 g/mol. The van der Waals surface area contributed by atoms with Gasteiger partial charge >= 0.3 is 6.18 Å². The number of halogens is 3. The Hall–Kier alpha value is -0.290. The van der Waals surface area contributed by atoms with Crippen LogP contribution in [0.25, 0.3) is 0 Å². The van der Waals surface area contributed by atoms with Crippen molar-refractivity contribution in [1.29, 1.82) is 0 Å². The lowest BCUT2D eigenvalue weighted by molar-refractivity contribution is -0.124. The highest BCUT2D eigenvalue weighted by atomic mass is 19.4. The minimum atomic E-state index is -4.11. The van der Waals surface area contributed by atoms with E-state index in [1.165, 1.54) is 0 Å². The van der Waals surface area contributed by atoms with Gasteiger partial charge in [-0.2, -0.15) is 13.2 Å². The van der Waals surface area contributed by atoms with Gasteiger partial charge in [0, 0.05) is 19.1 Å². The molecule has 0 heterocycles. The van der Waals surface area contributed by atoms with Crippen LogP contribution in [0.4, 0.5) is 13.2 Å². The van der Waals surface area contributed by atoms with Gasteiger partial charge in [-0.15, -0.1) is 0 Å². The van der Waals surface area contributed by atoms with Crippen LogP contribution >= 0.6 is 0 Å². The smallest absolute Gasteiger partial charge is 0.312 e. The monoisotopic (exact) mass is 238 g/mol. The van der Waals surface area contributed by atoms with Crippen molar-refractivity contribution in [2.45, 2.75) is 39.9 Å². The van der Waals surface area contributed by atoms with Gasteiger partial charge in [0.25, 0.3) is 0 Å². The lowest BCUT2D eigenvalue weighted by atomic mass is 10.0. The fourth-order valence-electron chi connectivity index (χ4n) is 2.24. The Morgan fingerprint density at radius 3 is 1.88 bits per heavy atom. The van der Waals surface area contributed by atoms with Gasteiger partial charge in [-0.05, 0) is 10.8 Å². The molecule has 1 aliphatic carbocycles. The molecular weight excluding hydrogens is 217 g/mol. The standard InChI is InChI=1S/C11H21F3N2/c1-9(2)8(10(9,3)4)16-6-5-15-7-11(12,13)14/h8,15-16H,5-7H2,1-4H3. The zero-order valence-electron chi connectivity index (χ0n) is 10.3. The number of nitrogens with one attached hydrogen (secondary N) is 2. The zero-order valence-corrected chi connectivity index (χ0v) is 10.3. The van der Waals surface area contributed by atoms with Crippen LogP contribution in [-0.4, -0.2) is 31.9 Å². The maximum absolute atomic E-state index is 11.8. The molecule has 0 aromatic heterocycles. The quantitative estimate of drug-likeness (QED) is 0.717. The van der Waals surface area contributed by atoms with Crippen molar-refractivity contribution in [2.24, 2.45) is 10.8 Å². The third-order valence-electron chi connectivity index (χ3n) is 4.00. The summed E-state index contributed by atoms with van der Waals surface area (Å²) < 4.78 is 35.5. The minimum absolute atomic E-state index is 0.233. The van der Waals surface area contributed by atoms with Crippen molar-refractivity contribution in [3.05, 3.63) is 0 Å². The van der Waals surface area contributed by atoms with E-state index in [1.54, 1.807) is 0 Å². The molecule has 0 aliphatic heterocycles. The lowest BCUT2D eigenvalue weighted by Gasteiger charge is -2.09. The lowest BCUT2D eigenvalue weighted by Crippen LogP contribution is -2.36. The van der Waals surface area contributed by atoms with E-state index in [0.29, 0.717) is 19.1 Å². The van der Waals surface area contributed by atoms with Crippen molar-refractivity contribution in [1.82, 2.24) is 10.6 Å². The van der Waals surface area contributed by atoms with E-state index in [1.807, 2.05) is 0 Å². The fourth-order valence-corrected chi connectivity index (χ4v) is 2.24. The van der Waals surface area contributed by atoms with Crippen molar-refractivity contribution >= 4 is 0 Å². The molecule has 96 valence electrons. The highest BCUT2D eigenvalue weighted by molar-refractivity contribution is 5.17. The van der Waals surface area contributed by atoms with Gasteiger partial charge in [-0.1, -0.05) is 27.7 Å². The SMILES string of the molecule is CC1(C)C(NCCNCC(F)(F)F)C1(C)C. The van der Waals surface area contributed by atoms with E-state index < -0.39 is 12.7 Å². The van der Waals surface area contributed by atoms with E-state index in [4.69, 9.17) is 0 Å².